The number of aromatic nitrogens is 2. The van der Waals surface area contributed by atoms with Crippen LogP contribution in [-0.2, 0) is 0 Å². The van der Waals surface area contributed by atoms with Gasteiger partial charge in [0.2, 0.25) is 0 Å². The highest BCUT2D eigenvalue weighted by Gasteiger charge is 1.98. The molecule has 0 saturated heterocycles. The van der Waals surface area contributed by atoms with Crippen LogP contribution in [0.3, 0.4) is 0 Å². The molecule has 1 aromatic carbocycles. The number of fused-ring (bicyclic) bond motifs is 1. The molecule has 0 bridgehead atoms. The van der Waals surface area contributed by atoms with Crippen LogP contribution >= 0.6 is 15.9 Å². The van der Waals surface area contributed by atoms with E-state index in [1.807, 2.05) is 25.2 Å². The number of nitrogens with zero attached hydrogens (tertiary/aromatic N) is 2. The van der Waals surface area contributed by atoms with Crippen LogP contribution in [0.25, 0.3) is 11.0 Å². The summed E-state index contributed by atoms with van der Waals surface area (Å²) in [6, 6.07) is 5.84. The van der Waals surface area contributed by atoms with Gasteiger partial charge < -0.3 is 5.32 Å². The molecule has 0 spiro atoms. The van der Waals surface area contributed by atoms with E-state index < -0.39 is 0 Å². The van der Waals surface area contributed by atoms with Crippen LogP contribution in [0.1, 0.15) is 0 Å². The summed E-state index contributed by atoms with van der Waals surface area (Å²) < 4.78 is 1.02. The molecule has 0 radical (unpaired) electrons. The number of halogens is 1. The zero-order valence-corrected chi connectivity index (χ0v) is 8.67. The van der Waals surface area contributed by atoms with Gasteiger partial charge in [0.25, 0.3) is 0 Å². The minimum atomic E-state index is 0.783. The summed E-state index contributed by atoms with van der Waals surface area (Å²) in [7, 11) is 1.83. The van der Waals surface area contributed by atoms with Gasteiger partial charge in [-0.3, -0.25) is 4.98 Å². The van der Waals surface area contributed by atoms with E-state index in [0.717, 1.165) is 21.3 Å². The van der Waals surface area contributed by atoms with Crippen molar-refractivity contribution < 1.29 is 0 Å². The van der Waals surface area contributed by atoms with Crippen molar-refractivity contribution in [3.05, 3.63) is 28.9 Å². The molecule has 1 aromatic heterocycles. The Bertz CT molecular complexity index is 442. The Morgan fingerprint density at radius 2 is 2.15 bits per heavy atom. The van der Waals surface area contributed by atoms with E-state index in [1.165, 1.54) is 0 Å². The normalized spacial score (nSPS) is 10.3. The molecule has 0 unspecified atom stereocenters. The third-order valence-electron chi connectivity index (χ3n) is 1.76. The molecule has 2 aromatic rings. The molecule has 0 atom stereocenters. The van der Waals surface area contributed by atoms with Crippen LogP contribution in [-0.4, -0.2) is 17.0 Å². The zero-order valence-electron chi connectivity index (χ0n) is 7.08. The molecule has 1 N–H and O–H groups in total. The molecule has 0 aliphatic heterocycles. The van der Waals surface area contributed by atoms with Crippen LogP contribution in [0.15, 0.2) is 28.9 Å². The van der Waals surface area contributed by atoms with Gasteiger partial charge in [0, 0.05) is 11.5 Å². The van der Waals surface area contributed by atoms with Gasteiger partial charge in [-0.05, 0) is 18.2 Å². The minimum Gasteiger partial charge on any atom is -0.372 e. The maximum Gasteiger partial charge on any atom is 0.144 e. The molecule has 13 heavy (non-hydrogen) atoms. The van der Waals surface area contributed by atoms with Crippen molar-refractivity contribution in [3.63, 3.8) is 0 Å². The van der Waals surface area contributed by atoms with Crippen LogP contribution in [0.5, 0.6) is 0 Å². The monoisotopic (exact) mass is 237 g/mol. The SMILES string of the molecule is CNc1cnc2ccc(Br)cc2n1. The summed E-state index contributed by atoms with van der Waals surface area (Å²) in [5, 5.41) is 2.95. The lowest BCUT2D eigenvalue weighted by Crippen LogP contribution is -1.93. The second-order valence-corrected chi connectivity index (χ2v) is 3.55. The van der Waals surface area contributed by atoms with E-state index in [9.17, 15) is 0 Å². The van der Waals surface area contributed by atoms with E-state index in [4.69, 9.17) is 0 Å². The third-order valence-corrected chi connectivity index (χ3v) is 2.25. The maximum atomic E-state index is 4.35. The standard InChI is InChI=1S/C9H8BrN3/c1-11-9-5-12-7-3-2-6(10)4-8(7)13-9/h2-5H,1H3,(H,11,13). The van der Waals surface area contributed by atoms with Gasteiger partial charge in [-0.25, -0.2) is 4.98 Å². The lowest BCUT2D eigenvalue weighted by Gasteiger charge is -2.00. The molecular formula is C9H8BrN3. The van der Waals surface area contributed by atoms with Crippen molar-refractivity contribution in [1.82, 2.24) is 9.97 Å². The average Bonchev–Trinajstić information content (AvgIpc) is 2.16. The first-order valence-corrected chi connectivity index (χ1v) is 4.69. The molecule has 2 rings (SSSR count). The van der Waals surface area contributed by atoms with Crippen molar-refractivity contribution in [2.45, 2.75) is 0 Å². The summed E-state index contributed by atoms with van der Waals surface area (Å²) in [6.07, 6.45) is 1.72. The first-order valence-electron chi connectivity index (χ1n) is 3.89. The number of anilines is 1. The molecule has 4 heteroatoms. The van der Waals surface area contributed by atoms with E-state index >= 15 is 0 Å². The zero-order chi connectivity index (χ0) is 9.26. The molecular weight excluding hydrogens is 230 g/mol. The molecule has 0 aliphatic carbocycles. The molecule has 0 fully saturated rings. The van der Waals surface area contributed by atoms with Crippen molar-refractivity contribution in [2.24, 2.45) is 0 Å². The van der Waals surface area contributed by atoms with E-state index in [0.29, 0.717) is 0 Å². The lowest BCUT2D eigenvalue weighted by molar-refractivity contribution is 1.26. The largest absolute Gasteiger partial charge is 0.372 e. The average molecular weight is 238 g/mol. The number of hydrogen-bond donors (Lipinski definition) is 1. The predicted octanol–water partition coefficient (Wildman–Crippen LogP) is 2.43. The molecule has 1 heterocycles. The van der Waals surface area contributed by atoms with Crippen molar-refractivity contribution in [1.29, 1.82) is 0 Å². The maximum absolute atomic E-state index is 4.35. The highest BCUT2D eigenvalue weighted by atomic mass is 79.9. The van der Waals surface area contributed by atoms with Gasteiger partial charge in [-0.2, -0.15) is 0 Å². The van der Waals surface area contributed by atoms with Gasteiger partial charge in [-0.15, -0.1) is 0 Å². The topological polar surface area (TPSA) is 37.8 Å². The molecule has 3 nitrogen and oxygen atoms in total. The van der Waals surface area contributed by atoms with Crippen LogP contribution in [0.4, 0.5) is 5.82 Å². The van der Waals surface area contributed by atoms with Gasteiger partial charge in [0.1, 0.15) is 5.82 Å². The minimum absolute atomic E-state index is 0.783. The van der Waals surface area contributed by atoms with E-state index in [-0.39, 0.29) is 0 Å². The van der Waals surface area contributed by atoms with Gasteiger partial charge in [-0.1, -0.05) is 15.9 Å². The first-order chi connectivity index (χ1) is 6.29. The summed E-state index contributed by atoms with van der Waals surface area (Å²) in [5.41, 5.74) is 1.79. The second-order valence-electron chi connectivity index (χ2n) is 2.64. The Hall–Kier alpha value is -1.16. The Balaban J connectivity index is 2.68. The third kappa shape index (κ3) is 1.62. The Labute approximate surface area is 84.3 Å². The Morgan fingerprint density at radius 3 is 2.92 bits per heavy atom. The van der Waals surface area contributed by atoms with Crippen molar-refractivity contribution >= 4 is 32.8 Å². The molecule has 0 amide bonds. The Morgan fingerprint density at radius 1 is 1.31 bits per heavy atom. The molecule has 66 valence electrons. The Kier molecular flexibility index (Phi) is 2.14. The van der Waals surface area contributed by atoms with Crippen LogP contribution < -0.4 is 5.32 Å². The number of benzene rings is 1. The number of rotatable bonds is 1. The summed E-state index contributed by atoms with van der Waals surface area (Å²) in [6.45, 7) is 0. The molecule has 0 aliphatic rings. The summed E-state index contributed by atoms with van der Waals surface area (Å²) in [5.74, 6) is 0.783. The van der Waals surface area contributed by atoms with Crippen molar-refractivity contribution in [2.75, 3.05) is 12.4 Å². The molecule has 0 saturated carbocycles. The van der Waals surface area contributed by atoms with E-state index in [2.05, 4.69) is 31.2 Å². The highest BCUT2D eigenvalue weighted by molar-refractivity contribution is 9.10. The van der Waals surface area contributed by atoms with Crippen LogP contribution in [0.2, 0.25) is 0 Å². The highest BCUT2D eigenvalue weighted by Crippen LogP contribution is 2.17. The van der Waals surface area contributed by atoms with E-state index in [1.54, 1.807) is 6.20 Å². The van der Waals surface area contributed by atoms with Gasteiger partial charge in [0.15, 0.2) is 0 Å². The second kappa shape index (κ2) is 3.30. The smallest absolute Gasteiger partial charge is 0.144 e. The number of hydrogen-bond acceptors (Lipinski definition) is 3. The van der Waals surface area contributed by atoms with Crippen LogP contribution in [0, 0.1) is 0 Å². The van der Waals surface area contributed by atoms with Crippen molar-refractivity contribution in [3.8, 4) is 0 Å². The van der Waals surface area contributed by atoms with Gasteiger partial charge in [0.05, 0.1) is 17.2 Å². The summed E-state index contributed by atoms with van der Waals surface area (Å²) in [4.78, 5) is 8.60. The lowest BCUT2D eigenvalue weighted by atomic mass is 10.3. The number of nitrogens with one attached hydrogen (secondary N) is 1. The quantitative estimate of drug-likeness (QED) is 0.829. The first kappa shape index (κ1) is 8.44. The summed E-state index contributed by atoms with van der Waals surface area (Å²) >= 11 is 3.39. The predicted molar refractivity (Wildman–Crippen MR) is 56.8 cm³/mol. The fourth-order valence-corrected chi connectivity index (χ4v) is 1.45. The fraction of sp³-hybridized carbons (Fsp3) is 0.111. The fourth-order valence-electron chi connectivity index (χ4n) is 1.11. The van der Waals surface area contributed by atoms with Gasteiger partial charge >= 0.3 is 0 Å².